The van der Waals surface area contributed by atoms with Crippen molar-refractivity contribution >= 4 is 22.9 Å². The van der Waals surface area contributed by atoms with Gasteiger partial charge in [0.15, 0.2) is 0 Å². The highest BCUT2D eigenvalue weighted by Gasteiger charge is 2.33. The van der Waals surface area contributed by atoms with Crippen LogP contribution >= 0.6 is 0 Å². The maximum Gasteiger partial charge on any atom is 0.227 e. The SMILES string of the molecule is O=C1CCC(c2cccc(N3CCCC3)c2)N1c1ccn2ccnc2c1. The summed E-state index contributed by atoms with van der Waals surface area (Å²) in [5.41, 5.74) is 4.31. The topological polar surface area (TPSA) is 40.9 Å². The molecular formula is C21H22N4O. The molecule has 0 radical (unpaired) electrons. The van der Waals surface area contributed by atoms with Gasteiger partial charge in [-0.15, -0.1) is 0 Å². The van der Waals surface area contributed by atoms with Crippen LogP contribution in [0.15, 0.2) is 55.0 Å². The predicted octanol–water partition coefficient (Wildman–Crippen LogP) is 3.80. The molecule has 2 aromatic heterocycles. The zero-order valence-corrected chi connectivity index (χ0v) is 14.7. The second-order valence-electron chi connectivity index (χ2n) is 7.19. The third-order valence-corrected chi connectivity index (χ3v) is 5.60. The van der Waals surface area contributed by atoms with Gasteiger partial charge in [0, 0.05) is 55.5 Å². The Hall–Kier alpha value is -2.82. The fourth-order valence-electron chi connectivity index (χ4n) is 4.28. The molecule has 1 amide bonds. The van der Waals surface area contributed by atoms with Gasteiger partial charge in [-0.05, 0) is 43.0 Å². The minimum Gasteiger partial charge on any atom is -0.372 e. The molecule has 1 atom stereocenters. The Morgan fingerprint density at radius 1 is 1.00 bits per heavy atom. The van der Waals surface area contributed by atoms with Crippen LogP contribution in [0.25, 0.3) is 5.65 Å². The second kappa shape index (κ2) is 6.16. The van der Waals surface area contributed by atoms with Gasteiger partial charge in [-0.2, -0.15) is 0 Å². The molecule has 4 heterocycles. The lowest BCUT2D eigenvalue weighted by molar-refractivity contribution is -0.117. The third kappa shape index (κ3) is 2.55. The summed E-state index contributed by atoms with van der Waals surface area (Å²) in [4.78, 5) is 21.4. The standard InChI is InChI=1S/C21H22N4O/c26-21-7-6-19(16-4-3-5-17(14-16)23-10-1-2-11-23)25(21)18-8-12-24-13-9-22-20(24)15-18/h3-5,8-9,12-15,19H,1-2,6-7,10-11H2. The van der Waals surface area contributed by atoms with Gasteiger partial charge >= 0.3 is 0 Å². The monoisotopic (exact) mass is 346 g/mol. The molecule has 0 N–H and O–H groups in total. The molecule has 0 aliphatic carbocycles. The van der Waals surface area contributed by atoms with E-state index in [1.54, 1.807) is 6.20 Å². The number of benzene rings is 1. The summed E-state index contributed by atoms with van der Waals surface area (Å²) in [6.45, 7) is 2.26. The molecule has 2 saturated heterocycles. The lowest BCUT2D eigenvalue weighted by atomic mass is 10.0. The maximum absolute atomic E-state index is 12.7. The van der Waals surface area contributed by atoms with E-state index >= 15 is 0 Å². The number of imidazole rings is 1. The van der Waals surface area contributed by atoms with Crippen molar-refractivity contribution in [2.24, 2.45) is 0 Å². The first-order valence-electron chi connectivity index (χ1n) is 9.39. The van der Waals surface area contributed by atoms with Crippen molar-refractivity contribution in [1.82, 2.24) is 9.38 Å². The van der Waals surface area contributed by atoms with E-state index in [1.807, 2.05) is 33.8 Å². The van der Waals surface area contributed by atoms with Crippen LogP contribution in [0.4, 0.5) is 11.4 Å². The van der Waals surface area contributed by atoms with Crippen LogP contribution in [-0.4, -0.2) is 28.4 Å². The van der Waals surface area contributed by atoms with E-state index in [9.17, 15) is 4.79 Å². The zero-order chi connectivity index (χ0) is 17.5. The van der Waals surface area contributed by atoms with Gasteiger partial charge in [0.05, 0.1) is 6.04 Å². The minimum atomic E-state index is 0.0995. The number of nitrogens with zero attached hydrogens (tertiary/aromatic N) is 4. The van der Waals surface area contributed by atoms with E-state index in [4.69, 9.17) is 0 Å². The van der Waals surface area contributed by atoms with Crippen LogP contribution in [0.5, 0.6) is 0 Å². The zero-order valence-electron chi connectivity index (χ0n) is 14.7. The van der Waals surface area contributed by atoms with Crippen LogP contribution in [0.1, 0.15) is 37.3 Å². The number of hydrogen-bond acceptors (Lipinski definition) is 3. The predicted molar refractivity (Wildman–Crippen MR) is 103 cm³/mol. The van der Waals surface area contributed by atoms with E-state index in [-0.39, 0.29) is 11.9 Å². The largest absolute Gasteiger partial charge is 0.372 e. The van der Waals surface area contributed by atoms with Crippen molar-refractivity contribution < 1.29 is 4.79 Å². The number of anilines is 2. The smallest absolute Gasteiger partial charge is 0.227 e. The summed E-state index contributed by atoms with van der Waals surface area (Å²) < 4.78 is 1.97. The molecule has 26 heavy (non-hydrogen) atoms. The first-order valence-corrected chi connectivity index (χ1v) is 9.39. The first kappa shape index (κ1) is 15.4. The van der Waals surface area contributed by atoms with E-state index in [1.165, 1.54) is 24.1 Å². The van der Waals surface area contributed by atoms with E-state index in [0.717, 1.165) is 30.8 Å². The summed E-state index contributed by atoms with van der Waals surface area (Å²) in [6.07, 6.45) is 9.66. The third-order valence-electron chi connectivity index (χ3n) is 5.60. The summed E-state index contributed by atoms with van der Waals surface area (Å²) in [5, 5.41) is 0. The van der Waals surface area contributed by atoms with Gasteiger partial charge in [0.25, 0.3) is 0 Å². The highest BCUT2D eigenvalue weighted by molar-refractivity contribution is 5.96. The van der Waals surface area contributed by atoms with E-state index in [0.29, 0.717) is 6.42 Å². The summed E-state index contributed by atoms with van der Waals surface area (Å²) >= 11 is 0. The Morgan fingerprint density at radius 3 is 2.77 bits per heavy atom. The Labute approximate surface area is 152 Å². The number of carbonyl (C=O) groups is 1. The van der Waals surface area contributed by atoms with Crippen LogP contribution in [0.3, 0.4) is 0 Å². The van der Waals surface area contributed by atoms with Crippen LogP contribution in [-0.2, 0) is 4.79 Å². The van der Waals surface area contributed by atoms with Crippen LogP contribution < -0.4 is 9.80 Å². The molecule has 5 nitrogen and oxygen atoms in total. The Kier molecular flexibility index (Phi) is 3.66. The molecule has 0 bridgehead atoms. The number of carbonyl (C=O) groups excluding carboxylic acids is 1. The van der Waals surface area contributed by atoms with Crippen molar-refractivity contribution in [2.75, 3.05) is 22.9 Å². The Morgan fingerprint density at radius 2 is 1.88 bits per heavy atom. The van der Waals surface area contributed by atoms with Gasteiger partial charge in [0.1, 0.15) is 5.65 Å². The number of fused-ring (bicyclic) bond motifs is 1. The van der Waals surface area contributed by atoms with E-state index in [2.05, 4.69) is 34.1 Å². The van der Waals surface area contributed by atoms with Gasteiger partial charge in [0.2, 0.25) is 5.91 Å². The highest BCUT2D eigenvalue weighted by Crippen LogP contribution is 2.38. The van der Waals surface area contributed by atoms with E-state index < -0.39 is 0 Å². The molecule has 1 unspecified atom stereocenters. The number of amides is 1. The Balaban J connectivity index is 1.51. The normalized spacial score (nSPS) is 20.5. The molecule has 2 fully saturated rings. The van der Waals surface area contributed by atoms with Crippen molar-refractivity contribution in [3.8, 4) is 0 Å². The minimum absolute atomic E-state index is 0.0995. The molecule has 5 heteroatoms. The lowest BCUT2D eigenvalue weighted by Crippen LogP contribution is -2.27. The summed E-state index contributed by atoms with van der Waals surface area (Å²) in [5.74, 6) is 0.192. The number of rotatable bonds is 3. The highest BCUT2D eigenvalue weighted by atomic mass is 16.2. The molecule has 2 aliphatic rings. The molecule has 0 spiro atoms. The summed E-state index contributed by atoms with van der Waals surface area (Å²) in [6, 6.07) is 12.9. The van der Waals surface area contributed by atoms with Crippen LogP contribution in [0, 0.1) is 0 Å². The molecule has 3 aromatic rings. The van der Waals surface area contributed by atoms with Crippen LogP contribution in [0.2, 0.25) is 0 Å². The average molecular weight is 346 g/mol. The quantitative estimate of drug-likeness (QED) is 0.724. The maximum atomic E-state index is 12.7. The van der Waals surface area contributed by atoms with Gasteiger partial charge in [-0.25, -0.2) is 4.98 Å². The molecule has 2 aliphatic heterocycles. The van der Waals surface area contributed by atoms with Gasteiger partial charge in [-0.1, -0.05) is 12.1 Å². The average Bonchev–Trinajstić information content (AvgIpc) is 3.41. The van der Waals surface area contributed by atoms with Gasteiger partial charge < -0.3 is 14.2 Å². The van der Waals surface area contributed by atoms with Crippen molar-refractivity contribution in [3.05, 3.63) is 60.6 Å². The molecule has 132 valence electrons. The van der Waals surface area contributed by atoms with Gasteiger partial charge in [-0.3, -0.25) is 4.79 Å². The van der Waals surface area contributed by atoms with Crippen molar-refractivity contribution in [1.29, 1.82) is 0 Å². The number of pyridine rings is 1. The molecule has 0 saturated carbocycles. The molecule has 1 aromatic carbocycles. The van der Waals surface area contributed by atoms with Crippen molar-refractivity contribution in [3.63, 3.8) is 0 Å². The summed E-state index contributed by atoms with van der Waals surface area (Å²) in [7, 11) is 0. The Bertz CT molecular complexity index is 957. The second-order valence-corrected chi connectivity index (χ2v) is 7.19. The van der Waals surface area contributed by atoms with Crippen molar-refractivity contribution in [2.45, 2.75) is 31.7 Å². The molecular weight excluding hydrogens is 324 g/mol. The number of aromatic nitrogens is 2. The first-order chi connectivity index (χ1) is 12.8. The molecule has 5 rings (SSSR count). The fourth-order valence-corrected chi connectivity index (χ4v) is 4.28. The lowest BCUT2D eigenvalue weighted by Gasteiger charge is -2.27. The fraction of sp³-hybridized carbons (Fsp3) is 0.333. The number of hydrogen-bond donors (Lipinski definition) is 0.